The van der Waals surface area contributed by atoms with Gasteiger partial charge in [0.05, 0.1) is 10.4 Å². The van der Waals surface area contributed by atoms with Gasteiger partial charge in [-0.2, -0.15) is 4.98 Å². The molecule has 39 heavy (non-hydrogen) atoms. The van der Waals surface area contributed by atoms with E-state index in [2.05, 4.69) is 21.7 Å². The van der Waals surface area contributed by atoms with Crippen molar-refractivity contribution in [1.29, 1.82) is 0 Å². The predicted molar refractivity (Wildman–Crippen MR) is 156 cm³/mol. The Labute approximate surface area is 232 Å². The lowest BCUT2D eigenvalue weighted by molar-refractivity contribution is -0.385. The van der Waals surface area contributed by atoms with Gasteiger partial charge in [-0.05, 0) is 74.0 Å². The van der Waals surface area contributed by atoms with Crippen molar-refractivity contribution in [2.75, 3.05) is 30.9 Å². The number of hydrogen-bond acceptors (Lipinski definition) is 9. The Hall–Kier alpha value is -3.76. The molecule has 0 amide bonds. The lowest BCUT2D eigenvalue weighted by Gasteiger charge is -2.29. The van der Waals surface area contributed by atoms with Crippen molar-refractivity contribution in [2.45, 2.75) is 48.2 Å². The number of non-ortho nitro benzene ring substituents is 1. The molecule has 1 fully saturated rings. The summed E-state index contributed by atoms with van der Waals surface area (Å²) in [5.74, 6) is 2.16. The Balaban J connectivity index is 1.16. The maximum atomic E-state index is 11.4. The van der Waals surface area contributed by atoms with Crippen LogP contribution in [0.4, 0.5) is 17.5 Å². The highest BCUT2D eigenvalue weighted by molar-refractivity contribution is 7.99. The minimum absolute atomic E-state index is 0.108. The Morgan fingerprint density at radius 2 is 1.82 bits per heavy atom. The molecule has 0 radical (unpaired) electrons. The Morgan fingerprint density at radius 1 is 1.03 bits per heavy atom. The summed E-state index contributed by atoms with van der Waals surface area (Å²) in [6.07, 6.45) is 6.06. The van der Waals surface area contributed by atoms with Crippen LogP contribution in [0.5, 0.6) is 0 Å². The first-order chi connectivity index (χ1) is 19.0. The molecule has 0 unspecified atom stereocenters. The van der Waals surface area contributed by atoms with E-state index < -0.39 is 0 Å². The first-order valence-corrected chi connectivity index (χ1v) is 14.1. The van der Waals surface area contributed by atoms with Crippen molar-refractivity contribution in [3.05, 3.63) is 82.5 Å². The molecule has 0 bridgehead atoms. The zero-order valence-corrected chi connectivity index (χ0v) is 23.0. The number of pyridine rings is 1. The number of nitro benzene ring substituents is 1. The molecule has 2 aromatic heterocycles. The number of anilines is 2. The summed E-state index contributed by atoms with van der Waals surface area (Å²) in [4.78, 5) is 28.0. The fourth-order valence-corrected chi connectivity index (χ4v) is 5.89. The molecule has 9 nitrogen and oxygen atoms in total. The first kappa shape index (κ1) is 26.8. The maximum Gasteiger partial charge on any atom is 0.269 e. The highest BCUT2D eigenvalue weighted by atomic mass is 32.2. The Bertz CT molecular complexity index is 1430. The summed E-state index contributed by atoms with van der Waals surface area (Å²) in [6, 6.07) is 19.3. The maximum absolute atomic E-state index is 11.4. The summed E-state index contributed by atoms with van der Waals surface area (Å²) in [6.45, 7) is 1.45. The van der Waals surface area contributed by atoms with Gasteiger partial charge in [0.15, 0.2) is 0 Å². The zero-order valence-electron chi connectivity index (χ0n) is 22.2. The van der Waals surface area contributed by atoms with E-state index in [0.717, 1.165) is 64.4 Å². The molecule has 1 saturated carbocycles. The lowest BCUT2D eigenvalue weighted by atomic mass is 9.86. The van der Waals surface area contributed by atoms with Crippen LogP contribution in [0.25, 0.3) is 10.9 Å². The molecule has 2 N–H and O–H groups in total. The summed E-state index contributed by atoms with van der Waals surface area (Å²) in [5, 5.41) is 20.4. The van der Waals surface area contributed by atoms with E-state index >= 15 is 0 Å². The normalized spacial score (nSPS) is 17.2. The van der Waals surface area contributed by atoms with Gasteiger partial charge in [0.25, 0.3) is 5.69 Å². The molecule has 0 saturated heterocycles. The minimum Gasteiger partial charge on any atom is -0.362 e. The molecule has 2 aromatic carbocycles. The van der Waals surface area contributed by atoms with E-state index in [1.165, 1.54) is 11.8 Å². The highest BCUT2D eigenvalue weighted by Gasteiger charge is 2.22. The molecule has 4 aromatic rings. The number of nitro groups is 1. The molecule has 0 aliphatic heterocycles. The second-order valence-corrected chi connectivity index (χ2v) is 11.2. The number of fused-ring (bicyclic) bond motifs is 1. The van der Waals surface area contributed by atoms with Gasteiger partial charge in [-0.15, -0.1) is 0 Å². The van der Waals surface area contributed by atoms with E-state index in [9.17, 15) is 10.1 Å². The molecule has 0 atom stereocenters. The largest absolute Gasteiger partial charge is 0.362 e. The molecule has 1 aliphatic carbocycles. The third-order valence-electron chi connectivity index (χ3n) is 7.04. The van der Waals surface area contributed by atoms with Crippen LogP contribution in [-0.4, -0.2) is 46.6 Å². The Kier molecular flexibility index (Phi) is 8.53. The molecule has 1 aliphatic rings. The molecule has 0 spiro atoms. The van der Waals surface area contributed by atoms with E-state index in [-0.39, 0.29) is 10.6 Å². The fraction of sp³-hybridized carbons (Fsp3) is 0.345. The molecular weight excluding hydrogens is 510 g/mol. The average molecular weight is 544 g/mol. The summed E-state index contributed by atoms with van der Waals surface area (Å²) < 4.78 is 0. The summed E-state index contributed by atoms with van der Waals surface area (Å²) in [7, 11) is 4.01. The monoisotopic (exact) mass is 543 g/mol. The number of benzene rings is 2. The molecular formula is C29H33N7O2S. The number of rotatable bonds is 10. The van der Waals surface area contributed by atoms with Gasteiger partial charge in [0.1, 0.15) is 10.8 Å². The zero-order chi connectivity index (χ0) is 27.2. The predicted octanol–water partition coefficient (Wildman–Crippen LogP) is 5.91. The van der Waals surface area contributed by atoms with Crippen molar-refractivity contribution >= 4 is 40.1 Å². The van der Waals surface area contributed by atoms with Gasteiger partial charge in [0.2, 0.25) is 5.95 Å². The standard InChI is InChI=1S/C29H33N7O2S/c1-35(2)28-24-7-3-4-8-25(24)33-29(34-28)32-22-12-10-20(11-13-22)18-30-19-21-17-23(36(37)38)14-15-26(21)39-27-9-5-6-16-31-27/h3-9,14-17,20,22,30H,10-13,18-19H2,1-2H3,(H,32,33,34)/t20-,22+. The summed E-state index contributed by atoms with van der Waals surface area (Å²) in [5.41, 5.74) is 1.97. The molecule has 2 heterocycles. The van der Waals surface area contributed by atoms with Gasteiger partial charge >= 0.3 is 0 Å². The van der Waals surface area contributed by atoms with Crippen LogP contribution in [0, 0.1) is 16.0 Å². The van der Waals surface area contributed by atoms with Crippen molar-refractivity contribution in [2.24, 2.45) is 5.92 Å². The van der Waals surface area contributed by atoms with Crippen LogP contribution in [0.2, 0.25) is 0 Å². The smallest absolute Gasteiger partial charge is 0.269 e. The quantitative estimate of drug-likeness (QED) is 0.186. The number of nitrogens with one attached hydrogen (secondary N) is 2. The molecule has 5 rings (SSSR count). The van der Waals surface area contributed by atoms with E-state index in [4.69, 9.17) is 9.97 Å². The minimum atomic E-state index is -0.340. The van der Waals surface area contributed by atoms with Crippen molar-refractivity contribution in [3.63, 3.8) is 0 Å². The van der Waals surface area contributed by atoms with Crippen LogP contribution in [0.15, 0.2) is 76.8 Å². The van der Waals surface area contributed by atoms with E-state index in [1.54, 1.807) is 18.3 Å². The van der Waals surface area contributed by atoms with Crippen LogP contribution in [0.3, 0.4) is 0 Å². The van der Waals surface area contributed by atoms with Crippen LogP contribution in [-0.2, 0) is 6.54 Å². The number of nitrogens with zero attached hydrogens (tertiary/aromatic N) is 5. The second-order valence-electron chi connectivity index (χ2n) is 10.1. The van der Waals surface area contributed by atoms with Gasteiger partial charge in [-0.1, -0.05) is 30.0 Å². The SMILES string of the molecule is CN(C)c1nc(N[C@H]2CC[C@@H](CNCc3cc([N+](=O)[O-])ccc3Sc3ccccn3)CC2)nc2ccccc12. The Morgan fingerprint density at radius 3 is 2.56 bits per heavy atom. The molecule has 10 heteroatoms. The second kappa shape index (κ2) is 12.4. The van der Waals surface area contributed by atoms with Gasteiger partial charge in [-0.3, -0.25) is 10.1 Å². The van der Waals surface area contributed by atoms with Gasteiger partial charge in [-0.25, -0.2) is 9.97 Å². The van der Waals surface area contributed by atoms with Crippen molar-refractivity contribution in [1.82, 2.24) is 20.3 Å². The van der Waals surface area contributed by atoms with Gasteiger partial charge < -0.3 is 15.5 Å². The number of para-hydroxylation sites is 1. The number of aromatic nitrogens is 3. The summed E-state index contributed by atoms with van der Waals surface area (Å²) >= 11 is 1.53. The van der Waals surface area contributed by atoms with Crippen LogP contribution < -0.4 is 15.5 Å². The topological polar surface area (TPSA) is 109 Å². The first-order valence-electron chi connectivity index (χ1n) is 13.2. The van der Waals surface area contributed by atoms with Crippen molar-refractivity contribution < 1.29 is 4.92 Å². The third-order valence-corrected chi connectivity index (χ3v) is 8.11. The van der Waals surface area contributed by atoms with Crippen molar-refractivity contribution in [3.8, 4) is 0 Å². The van der Waals surface area contributed by atoms with E-state index in [1.807, 2.05) is 61.5 Å². The van der Waals surface area contributed by atoms with Gasteiger partial charge in [0, 0.05) is 55.3 Å². The fourth-order valence-electron chi connectivity index (χ4n) is 5.01. The molecule has 202 valence electrons. The van der Waals surface area contributed by atoms with E-state index in [0.29, 0.717) is 24.5 Å². The third kappa shape index (κ3) is 6.82. The lowest BCUT2D eigenvalue weighted by Crippen LogP contribution is -2.31. The number of hydrogen-bond donors (Lipinski definition) is 2. The van der Waals surface area contributed by atoms with Crippen LogP contribution >= 0.6 is 11.8 Å². The highest BCUT2D eigenvalue weighted by Crippen LogP contribution is 2.32. The van der Waals surface area contributed by atoms with Crippen LogP contribution in [0.1, 0.15) is 31.2 Å². The average Bonchev–Trinajstić information content (AvgIpc) is 2.94.